The van der Waals surface area contributed by atoms with E-state index in [1.165, 1.54) is 12.1 Å². The number of hydrogen-bond donors (Lipinski definition) is 1. The van der Waals surface area contributed by atoms with Crippen LogP contribution >= 0.6 is 11.6 Å². The molecule has 4 rings (SSSR count). The van der Waals surface area contributed by atoms with E-state index >= 15 is 0 Å². The molecule has 0 saturated heterocycles. The van der Waals surface area contributed by atoms with E-state index in [-0.39, 0.29) is 28.3 Å². The number of fused-ring (bicyclic) bond motifs is 1. The van der Waals surface area contributed by atoms with Crippen LogP contribution in [-0.4, -0.2) is 25.6 Å². The van der Waals surface area contributed by atoms with Crippen molar-refractivity contribution in [2.24, 2.45) is 5.41 Å². The maximum Gasteiger partial charge on any atom is 0.309 e. The van der Waals surface area contributed by atoms with Crippen LogP contribution in [0.2, 0.25) is 5.02 Å². The molecule has 1 aliphatic rings. The number of ether oxygens (including phenoxy) is 1. The number of benzene rings is 3. The van der Waals surface area contributed by atoms with Crippen LogP contribution in [0.25, 0.3) is 11.6 Å². The highest BCUT2D eigenvalue weighted by molar-refractivity contribution is 7.91. The molecule has 0 spiro atoms. The van der Waals surface area contributed by atoms with Crippen LogP contribution in [0, 0.1) is 18.2 Å². The number of carboxylic acids is 1. The number of hydrogen-bond acceptors (Lipinski definition) is 4. The second-order valence-corrected chi connectivity index (χ2v) is 13.0. The van der Waals surface area contributed by atoms with Gasteiger partial charge in [0.25, 0.3) is 0 Å². The molecule has 1 N–H and O–H groups in total. The van der Waals surface area contributed by atoms with Crippen LogP contribution in [0.1, 0.15) is 61.1 Å². The lowest BCUT2D eigenvalue weighted by atomic mass is 9.84. The average Bonchev–Trinajstić information content (AvgIpc) is 2.83. The van der Waals surface area contributed by atoms with E-state index in [0.29, 0.717) is 22.4 Å². The van der Waals surface area contributed by atoms with Gasteiger partial charge in [-0.25, -0.2) is 12.8 Å². The van der Waals surface area contributed by atoms with Crippen LogP contribution in [0.3, 0.4) is 0 Å². The SMILES string of the molecule is C/C(=C\c1ccc2c(c1)C(S(=O)(=O)c1cccc(C)c1)CC(CC(C)(C)C(=O)O)O2)c1c(F)cccc1Cl. The van der Waals surface area contributed by atoms with Crippen molar-refractivity contribution in [3.8, 4) is 5.75 Å². The molecule has 0 fully saturated rings. The molecule has 0 amide bonds. The van der Waals surface area contributed by atoms with Gasteiger partial charge in [0.15, 0.2) is 9.84 Å². The van der Waals surface area contributed by atoms with Gasteiger partial charge in [-0.05, 0) is 87.2 Å². The van der Waals surface area contributed by atoms with Crippen LogP contribution in [0.5, 0.6) is 5.75 Å². The summed E-state index contributed by atoms with van der Waals surface area (Å²) >= 11 is 6.24. The Morgan fingerprint density at radius 1 is 1.16 bits per heavy atom. The Morgan fingerprint density at radius 3 is 2.53 bits per heavy atom. The number of carboxylic acid groups (broad SMARTS) is 1. The lowest BCUT2D eigenvalue weighted by molar-refractivity contribution is -0.148. The summed E-state index contributed by atoms with van der Waals surface area (Å²) in [5.41, 5.74) is 1.73. The molecule has 3 aromatic carbocycles. The summed E-state index contributed by atoms with van der Waals surface area (Å²) in [6.45, 7) is 6.77. The molecule has 1 aliphatic heterocycles. The van der Waals surface area contributed by atoms with Gasteiger partial charge in [-0.1, -0.05) is 41.9 Å². The minimum absolute atomic E-state index is 0.102. The monoisotopic (exact) mass is 556 g/mol. The summed E-state index contributed by atoms with van der Waals surface area (Å²) < 4.78 is 48.5. The summed E-state index contributed by atoms with van der Waals surface area (Å²) in [5.74, 6) is -1.04. The Bertz CT molecular complexity index is 1510. The molecule has 8 heteroatoms. The van der Waals surface area contributed by atoms with Gasteiger partial charge in [0.1, 0.15) is 17.7 Å². The van der Waals surface area contributed by atoms with Crippen LogP contribution in [0.4, 0.5) is 4.39 Å². The van der Waals surface area contributed by atoms with E-state index in [0.717, 1.165) is 5.56 Å². The van der Waals surface area contributed by atoms with Crippen molar-refractivity contribution in [3.63, 3.8) is 0 Å². The highest BCUT2D eigenvalue weighted by Gasteiger charge is 2.41. The van der Waals surface area contributed by atoms with Gasteiger partial charge in [-0.2, -0.15) is 0 Å². The summed E-state index contributed by atoms with van der Waals surface area (Å²) in [7, 11) is -3.85. The first kappa shape index (κ1) is 27.9. The molecule has 3 aromatic rings. The molecule has 5 nitrogen and oxygen atoms in total. The summed E-state index contributed by atoms with van der Waals surface area (Å²) in [5, 5.41) is 8.97. The number of rotatable bonds is 7. The maximum atomic E-state index is 14.5. The molecule has 2 atom stereocenters. The van der Waals surface area contributed by atoms with Gasteiger partial charge in [0.05, 0.1) is 20.6 Å². The first-order valence-electron chi connectivity index (χ1n) is 12.3. The second-order valence-electron chi connectivity index (χ2n) is 10.4. The highest BCUT2D eigenvalue weighted by Crippen LogP contribution is 2.45. The van der Waals surface area contributed by atoms with E-state index in [9.17, 15) is 22.7 Å². The average molecular weight is 557 g/mol. The van der Waals surface area contributed by atoms with Crippen molar-refractivity contribution >= 4 is 39.1 Å². The van der Waals surface area contributed by atoms with Crippen molar-refractivity contribution in [1.29, 1.82) is 0 Å². The zero-order valence-electron chi connectivity index (χ0n) is 21.7. The largest absolute Gasteiger partial charge is 0.490 e. The standard InChI is InChI=1S/C30H30ClFO5S/c1-18-7-5-8-22(13-18)38(35,36)27-16-21(17-30(3,4)29(33)34)37-26-12-11-20(15-23(26)27)14-19(2)28-24(31)9-6-10-25(28)32/h5-15,21,27H,16-17H2,1-4H3,(H,33,34)/b19-14+. The van der Waals surface area contributed by atoms with Crippen molar-refractivity contribution in [1.82, 2.24) is 0 Å². The summed E-state index contributed by atoms with van der Waals surface area (Å²) in [6.07, 6.45) is 1.39. The number of aliphatic carboxylic acids is 1. The fourth-order valence-corrected chi connectivity index (χ4v) is 7.08. The van der Waals surface area contributed by atoms with E-state index in [4.69, 9.17) is 16.3 Å². The lowest BCUT2D eigenvalue weighted by Crippen LogP contribution is -2.36. The molecular formula is C30H30ClFO5S. The molecule has 38 heavy (non-hydrogen) atoms. The van der Waals surface area contributed by atoms with Gasteiger partial charge in [0, 0.05) is 17.5 Å². The molecule has 200 valence electrons. The third-order valence-corrected chi connectivity index (χ3v) is 9.32. The number of aryl methyl sites for hydroxylation is 1. The van der Waals surface area contributed by atoms with Crippen LogP contribution in [-0.2, 0) is 14.6 Å². The van der Waals surface area contributed by atoms with E-state index in [1.807, 2.05) is 13.0 Å². The number of carbonyl (C=O) groups is 1. The molecule has 0 bridgehead atoms. The minimum atomic E-state index is -3.85. The molecule has 0 radical (unpaired) electrons. The third-order valence-electron chi connectivity index (χ3n) is 6.90. The first-order chi connectivity index (χ1) is 17.8. The smallest absolute Gasteiger partial charge is 0.309 e. The van der Waals surface area contributed by atoms with Crippen molar-refractivity contribution < 1.29 is 27.4 Å². The minimum Gasteiger partial charge on any atom is -0.490 e. The lowest BCUT2D eigenvalue weighted by Gasteiger charge is -2.35. The predicted molar refractivity (Wildman–Crippen MR) is 148 cm³/mol. The third kappa shape index (κ3) is 5.64. The first-order valence-corrected chi connectivity index (χ1v) is 14.2. The van der Waals surface area contributed by atoms with Crippen molar-refractivity contribution in [3.05, 3.63) is 93.8 Å². The molecule has 0 aliphatic carbocycles. The quantitative estimate of drug-likeness (QED) is 0.304. The van der Waals surface area contributed by atoms with Gasteiger partial charge >= 0.3 is 5.97 Å². The molecule has 0 aromatic heterocycles. The zero-order chi connectivity index (χ0) is 27.8. The maximum absolute atomic E-state index is 14.5. The number of allylic oxidation sites excluding steroid dienone is 1. The van der Waals surface area contributed by atoms with Crippen LogP contribution in [0.15, 0.2) is 65.6 Å². The zero-order valence-corrected chi connectivity index (χ0v) is 23.2. The Morgan fingerprint density at radius 2 is 1.87 bits per heavy atom. The Kier molecular flexibility index (Phi) is 7.73. The Labute approximate surface area is 227 Å². The second kappa shape index (κ2) is 10.5. The Balaban J connectivity index is 1.81. The number of sulfone groups is 1. The predicted octanol–water partition coefficient (Wildman–Crippen LogP) is 7.52. The normalized spacial score (nSPS) is 18.0. The summed E-state index contributed by atoms with van der Waals surface area (Å²) in [4.78, 5) is 12.0. The van der Waals surface area contributed by atoms with E-state index in [2.05, 4.69) is 0 Å². The van der Waals surface area contributed by atoms with Gasteiger partial charge in [-0.3, -0.25) is 4.79 Å². The molecular weight excluding hydrogens is 527 g/mol. The van der Waals surface area contributed by atoms with Gasteiger partial charge in [-0.15, -0.1) is 0 Å². The van der Waals surface area contributed by atoms with Crippen molar-refractivity contribution in [2.75, 3.05) is 0 Å². The molecule has 1 heterocycles. The fraction of sp³-hybridized carbons (Fsp3) is 0.300. The van der Waals surface area contributed by atoms with Gasteiger partial charge in [0.2, 0.25) is 0 Å². The molecule has 0 saturated carbocycles. The highest BCUT2D eigenvalue weighted by atomic mass is 35.5. The Hall–Kier alpha value is -3.16. The summed E-state index contributed by atoms with van der Waals surface area (Å²) in [6, 6.07) is 16.4. The number of halogens is 2. The fourth-order valence-electron chi connectivity index (χ4n) is 4.84. The van der Waals surface area contributed by atoms with E-state index in [1.54, 1.807) is 69.3 Å². The molecule has 2 unspecified atom stereocenters. The topological polar surface area (TPSA) is 80.7 Å². The van der Waals surface area contributed by atoms with Crippen LogP contribution < -0.4 is 4.74 Å². The van der Waals surface area contributed by atoms with Gasteiger partial charge < -0.3 is 9.84 Å². The van der Waals surface area contributed by atoms with E-state index < -0.39 is 38.4 Å². The van der Waals surface area contributed by atoms with Crippen molar-refractivity contribution in [2.45, 2.75) is 56.8 Å².